The molecule has 1 rings (SSSR count). The van der Waals surface area contributed by atoms with Crippen LogP contribution in [0.2, 0.25) is 0 Å². The average Bonchev–Trinajstić information content (AvgIpc) is 2.51. The van der Waals surface area contributed by atoms with Crippen LogP contribution in [-0.2, 0) is 6.54 Å². The Morgan fingerprint density at radius 3 is 2.77 bits per heavy atom. The lowest BCUT2D eigenvalue weighted by Crippen LogP contribution is -2.13. The highest BCUT2D eigenvalue weighted by Gasteiger charge is 2.08. The van der Waals surface area contributed by atoms with Crippen LogP contribution in [0.25, 0.3) is 6.08 Å². The van der Waals surface area contributed by atoms with E-state index in [4.69, 9.17) is 0 Å². The maximum absolute atomic E-state index is 4.19. The monoisotopic (exact) mass is 178 g/mol. The summed E-state index contributed by atoms with van der Waals surface area (Å²) < 4.78 is 2.15. The van der Waals surface area contributed by atoms with Gasteiger partial charge in [0.05, 0.1) is 0 Å². The highest BCUT2D eigenvalue weighted by molar-refractivity contribution is 5.36. The molecule has 0 N–H and O–H groups in total. The maximum atomic E-state index is 4.19. The second-order valence-corrected chi connectivity index (χ2v) is 3.86. The second kappa shape index (κ2) is 4.26. The third kappa shape index (κ3) is 2.44. The first-order valence-corrected chi connectivity index (χ1v) is 4.78. The molecule has 1 unspecified atom stereocenters. The van der Waals surface area contributed by atoms with Crippen molar-refractivity contribution in [2.24, 2.45) is 11.8 Å². The van der Waals surface area contributed by atoms with Gasteiger partial charge in [-0.2, -0.15) is 0 Å². The summed E-state index contributed by atoms with van der Waals surface area (Å²) in [5.74, 6) is 2.35. The normalized spacial score (nSPS) is 13.2. The molecule has 13 heavy (non-hydrogen) atoms. The van der Waals surface area contributed by atoms with Gasteiger partial charge in [-0.1, -0.05) is 27.4 Å². The first-order valence-electron chi connectivity index (χ1n) is 4.78. The molecule has 0 aliphatic carbocycles. The van der Waals surface area contributed by atoms with Gasteiger partial charge in [0.1, 0.15) is 5.82 Å². The summed E-state index contributed by atoms with van der Waals surface area (Å²) in [6.45, 7) is 11.5. The minimum Gasteiger partial charge on any atom is -0.331 e. The minimum atomic E-state index is 0.674. The first-order chi connectivity index (χ1) is 6.15. The Labute approximate surface area is 80.3 Å². The van der Waals surface area contributed by atoms with E-state index in [9.17, 15) is 0 Å². The number of nitrogens with zero attached hydrogens (tertiary/aromatic N) is 2. The van der Waals surface area contributed by atoms with Gasteiger partial charge in [-0.25, -0.2) is 4.98 Å². The molecule has 1 aromatic rings. The number of hydrogen-bond acceptors (Lipinski definition) is 1. The van der Waals surface area contributed by atoms with Crippen molar-refractivity contribution in [3.8, 4) is 0 Å². The maximum Gasteiger partial charge on any atom is 0.131 e. The van der Waals surface area contributed by atoms with Crippen LogP contribution in [0.1, 0.15) is 26.6 Å². The number of rotatable bonds is 4. The van der Waals surface area contributed by atoms with E-state index in [1.807, 2.05) is 12.4 Å². The zero-order chi connectivity index (χ0) is 9.84. The third-order valence-corrected chi connectivity index (χ3v) is 2.55. The van der Waals surface area contributed by atoms with E-state index in [1.165, 1.54) is 0 Å². The Hall–Kier alpha value is -1.05. The van der Waals surface area contributed by atoms with Crippen molar-refractivity contribution in [3.63, 3.8) is 0 Å². The fraction of sp³-hybridized carbons (Fsp3) is 0.545. The van der Waals surface area contributed by atoms with Gasteiger partial charge in [-0.15, -0.1) is 0 Å². The number of aromatic nitrogens is 2. The molecule has 0 spiro atoms. The summed E-state index contributed by atoms with van der Waals surface area (Å²) in [6.07, 6.45) is 5.63. The van der Waals surface area contributed by atoms with Gasteiger partial charge in [0.15, 0.2) is 0 Å². The Kier molecular flexibility index (Phi) is 3.29. The van der Waals surface area contributed by atoms with E-state index >= 15 is 0 Å². The molecule has 0 bridgehead atoms. The zero-order valence-corrected chi connectivity index (χ0v) is 8.70. The van der Waals surface area contributed by atoms with Crippen molar-refractivity contribution in [2.45, 2.75) is 27.3 Å². The largest absolute Gasteiger partial charge is 0.331 e. The van der Waals surface area contributed by atoms with Gasteiger partial charge in [0.2, 0.25) is 0 Å². The topological polar surface area (TPSA) is 17.8 Å². The van der Waals surface area contributed by atoms with Crippen LogP contribution >= 0.6 is 0 Å². The first kappa shape index (κ1) is 10.0. The van der Waals surface area contributed by atoms with Crippen molar-refractivity contribution >= 4 is 6.08 Å². The van der Waals surface area contributed by atoms with Gasteiger partial charge in [-0.3, -0.25) is 0 Å². The molecule has 0 radical (unpaired) electrons. The summed E-state index contributed by atoms with van der Waals surface area (Å²) in [7, 11) is 0. The molecule has 1 heterocycles. The predicted molar refractivity (Wildman–Crippen MR) is 56.3 cm³/mol. The molecule has 2 heteroatoms. The summed E-state index contributed by atoms with van der Waals surface area (Å²) in [5, 5.41) is 0. The van der Waals surface area contributed by atoms with Gasteiger partial charge in [-0.05, 0) is 17.9 Å². The van der Waals surface area contributed by atoms with Crippen LogP contribution < -0.4 is 0 Å². The van der Waals surface area contributed by atoms with Crippen molar-refractivity contribution in [2.75, 3.05) is 0 Å². The average molecular weight is 178 g/mol. The molecule has 0 saturated carbocycles. The molecule has 72 valence electrons. The lowest BCUT2D eigenvalue weighted by molar-refractivity contribution is 0.364. The fourth-order valence-electron chi connectivity index (χ4n) is 1.19. The molecule has 1 aromatic heterocycles. The van der Waals surface area contributed by atoms with E-state index in [-0.39, 0.29) is 0 Å². The zero-order valence-electron chi connectivity index (χ0n) is 8.70. The van der Waals surface area contributed by atoms with Gasteiger partial charge < -0.3 is 4.57 Å². The Bertz CT molecular complexity index is 273. The van der Waals surface area contributed by atoms with Crippen molar-refractivity contribution in [1.82, 2.24) is 9.55 Å². The SMILES string of the molecule is C=Cc1nccn1CC(C)C(C)C. The molecule has 0 aliphatic rings. The van der Waals surface area contributed by atoms with Crippen LogP contribution in [0.5, 0.6) is 0 Å². The van der Waals surface area contributed by atoms with Gasteiger partial charge in [0.25, 0.3) is 0 Å². The van der Waals surface area contributed by atoms with E-state index < -0.39 is 0 Å². The molecular weight excluding hydrogens is 160 g/mol. The minimum absolute atomic E-state index is 0.674. The molecule has 0 aromatic carbocycles. The van der Waals surface area contributed by atoms with Gasteiger partial charge >= 0.3 is 0 Å². The van der Waals surface area contributed by atoms with Crippen LogP contribution in [0.4, 0.5) is 0 Å². The highest BCUT2D eigenvalue weighted by Crippen LogP contribution is 2.13. The van der Waals surface area contributed by atoms with Crippen molar-refractivity contribution in [3.05, 3.63) is 24.8 Å². The van der Waals surface area contributed by atoms with Crippen LogP contribution in [0, 0.1) is 11.8 Å². The van der Waals surface area contributed by atoms with E-state index in [2.05, 4.69) is 36.9 Å². The van der Waals surface area contributed by atoms with Crippen LogP contribution in [0.15, 0.2) is 19.0 Å². The van der Waals surface area contributed by atoms with Crippen LogP contribution in [-0.4, -0.2) is 9.55 Å². The van der Waals surface area contributed by atoms with E-state index in [0.29, 0.717) is 11.8 Å². The highest BCUT2D eigenvalue weighted by atomic mass is 15.1. The summed E-state index contributed by atoms with van der Waals surface area (Å²) >= 11 is 0. The lowest BCUT2D eigenvalue weighted by atomic mass is 9.98. The van der Waals surface area contributed by atoms with Gasteiger partial charge in [0, 0.05) is 18.9 Å². The number of hydrogen-bond donors (Lipinski definition) is 0. The summed E-state index contributed by atoms with van der Waals surface area (Å²) in [4.78, 5) is 4.19. The predicted octanol–water partition coefficient (Wildman–Crippen LogP) is 2.82. The molecule has 2 nitrogen and oxygen atoms in total. The quantitative estimate of drug-likeness (QED) is 0.693. The van der Waals surface area contributed by atoms with Crippen molar-refractivity contribution < 1.29 is 0 Å². The fourth-order valence-corrected chi connectivity index (χ4v) is 1.19. The number of imidazole rings is 1. The molecular formula is C11H18N2. The molecule has 0 saturated heterocycles. The summed E-state index contributed by atoms with van der Waals surface area (Å²) in [6, 6.07) is 0. The Morgan fingerprint density at radius 1 is 1.54 bits per heavy atom. The van der Waals surface area contributed by atoms with E-state index in [0.717, 1.165) is 12.4 Å². The molecule has 0 aliphatic heterocycles. The Morgan fingerprint density at radius 2 is 2.23 bits per heavy atom. The van der Waals surface area contributed by atoms with Crippen LogP contribution in [0.3, 0.4) is 0 Å². The Balaban J connectivity index is 2.68. The molecule has 0 fully saturated rings. The molecule has 0 amide bonds. The van der Waals surface area contributed by atoms with E-state index in [1.54, 1.807) is 6.08 Å². The second-order valence-electron chi connectivity index (χ2n) is 3.86. The third-order valence-electron chi connectivity index (χ3n) is 2.55. The standard InChI is InChI=1S/C11H18N2/c1-5-11-12-6-7-13(11)8-10(4)9(2)3/h5-7,9-10H,1,8H2,2-4H3. The summed E-state index contributed by atoms with van der Waals surface area (Å²) in [5.41, 5.74) is 0. The molecule has 1 atom stereocenters. The lowest BCUT2D eigenvalue weighted by Gasteiger charge is -2.16. The smallest absolute Gasteiger partial charge is 0.131 e. The van der Waals surface area contributed by atoms with Crippen molar-refractivity contribution in [1.29, 1.82) is 0 Å².